The summed E-state index contributed by atoms with van der Waals surface area (Å²) in [5, 5.41) is 6.62. The first-order chi connectivity index (χ1) is 18.9. The highest BCUT2D eigenvalue weighted by Crippen LogP contribution is 2.26. The fourth-order valence-electron chi connectivity index (χ4n) is 4.14. The minimum absolute atomic E-state index is 0.0516. The second-order valence-corrected chi connectivity index (χ2v) is 9.17. The average Bonchev–Trinajstić information content (AvgIpc) is 2.97. The summed E-state index contributed by atoms with van der Waals surface area (Å²) in [6.45, 7) is 0. The van der Waals surface area contributed by atoms with Gasteiger partial charge in [0.15, 0.2) is 5.11 Å². The fourth-order valence-corrected chi connectivity index (χ4v) is 4.37. The molecule has 3 N–H and O–H groups in total. The summed E-state index contributed by atoms with van der Waals surface area (Å²) in [5.74, 6) is -1.83. The number of hydrazine groups is 1. The van der Waals surface area contributed by atoms with E-state index >= 15 is 0 Å². The number of thiocarbonyl (C=S) groups is 1. The Morgan fingerprint density at radius 2 is 1.10 bits per heavy atom. The van der Waals surface area contributed by atoms with Gasteiger partial charge in [0.1, 0.15) is 6.04 Å². The van der Waals surface area contributed by atoms with Crippen molar-refractivity contribution in [2.45, 2.75) is 12.0 Å². The summed E-state index contributed by atoms with van der Waals surface area (Å²) in [6, 6.07) is 35.4. The molecule has 0 aliphatic heterocycles. The van der Waals surface area contributed by atoms with Gasteiger partial charge in [-0.25, -0.2) is 0 Å². The molecule has 0 aromatic heterocycles. The summed E-state index contributed by atoms with van der Waals surface area (Å²) in [5.41, 5.74) is 5.36. The molecular formula is C31H28N4O3S. The van der Waals surface area contributed by atoms with Crippen molar-refractivity contribution in [1.29, 1.82) is 0 Å². The van der Waals surface area contributed by atoms with E-state index in [1.807, 2.05) is 66.7 Å². The molecule has 8 heteroatoms. The van der Waals surface area contributed by atoms with Crippen molar-refractivity contribution in [3.63, 3.8) is 0 Å². The Morgan fingerprint density at radius 3 is 1.59 bits per heavy atom. The van der Waals surface area contributed by atoms with E-state index in [9.17, 15) is 14.4 Å². The largest absolute Gasteiger partial charge is 0.340 e. The van der Waals surface area contributed by atoms with Crippen LogP contribution in [-0.2, 0) is 9.59 Å². The van der Waals surface area contributed by atoms with Crippen LogP contribution in [0.15, 0.2) is 121 Å². The van der Waals surface area contributed by atoms with Gasteiger partial charge in [-0.1, -0.05) is 109 Å². The van der Waals surface area contributed by atoms with E-state index in [2.05, 4.69) is 16.1 Å². The number of amides is 3. The standard InChI is InChI=1S/C31H28N4O3S/c1-35(34-31(39)33-28(36)25-20-12-5-13-21-25)30(38)27(24-18-10-4-11-19-24)32-29(37)26(22-14-6-2-7-15-22)23-16-8-3-9-17-23/h2-21,26-27H,1H3,(H,32,37)(H2,33,34,36,39). The number of hydrogen-bond donors (Lipinski definition) is 3. The average molecular weight is 537 g/mol. The molecule has 4 aromatic rings. The van der Waals surface area contributed by atoms with Crippen LogP contribution in [0.3, 0.4) is 0 Å². The highest BCUT2D eigenvalue weighted by Gasteiger charge is 2.31. The molecule has 0 saturated heterocycles. The molecule has 1 unspecified atom stereocenters. The molecule has 0 heterocycles. The normalized spacial score (nSPS) is 11.2. The van der Waals surface area contributed by atoms with E-state index in [1.54, 1.807) is 54.6 Å². The van der Waals surface area contributed by atoms with Crippen molar-refractivity contribution < 1.29 is 14.4 Å². The minimum atomic E-state index is -1.02. The number of benzene rings is 4. The van der Waals surface area contributed by atoms with Crippen LogP contribution in [-0.4, -0.2) is 34.9 Å². The van der Waals surface area contributed by atoms with Crippen molar-refractivity contribution in [2.24, 2.45) is 0 Å². The lowest BCUT2D eigenvalue weighted by Crippen LogP contribution is -2.53. The third kappa shape index (κ3) is 7.15. The lowest BCUT2D eigenvalue weighted by Gasteiger charge is -2.28. The Bertz CT molecular complexity index is 1380. The number of nitrogens with one attached hydrogen (secondary N) is 3. The van der Waals surface area contributed by atoms with Crippen LogP contribution < -0.4 is 16.1 Å². The molecule has 7 nitrogen and oxygen atoms in total. The van der Waals surface area contributed by atoms with E-state index in [1.165, 1.54) is 7.05 Å². The lowest BCUT2D eigenvalue weighted by atomic mass is 9.90. The van der Waals surface area contributed by atoms with E-state index in [0.717, 1.165) is 16.1 Å². The Morgan fingerprint density at radius 1 is 0.667 bits per heavy atom. The molecule has 4 aromatic carbocycles. The topological polar surface area (TPSA) is 90.5 Å². The summed E-state index contributed by atoms with van der Waals surface area (Å²) >= 11 is 5.26. The molecule has 0 saturated carbocycles. The Balaban J connectivity index is 1.54. The van der Waals surface area contributed by atoms with Gasteiger partial charge in [-0.05, 0) is 41.0 Å². The highest BCUT2D eigenvalue weighted by molar-refractivity contribution is 7.80. The lowest BCUT2D eigenvalue weighted by molar-refractivity contribution is -0.137. The molecule has 1 atom stereocenters. The second kappa shape index (κ2) is 13.1. The van der Waals surface area contributed by atoms with Crippen LogP contribution in [0, 0.1) is 0 Å². The number of likely N-dealkylation sites (N-methyl/N-ethyl adjacent to an activating group) is 1. The maximum Gasteiger partial charge on any atom is 0.267 e. The number of rotatable bonds is 7. The van der Waals surface area contributed by atoms with E-state index in [-0.39, 0.29) is 11.0 Å². The van der Waals surface area contributed by atoms with Gasteiger partial charge in [0.2, 0.25) is 5.91 Å². The highest BCUT2D eigenvalue weighted by atomic mass is 32.1. The molecule has 0 bridgehead atoms. The monoisotopic (exact) mass is 536 g/mol. The molecule has 0 fully saturated rings. The van der Waals surface area contributed by atoms with Gasteiger partial charge in [0.25, 0.3) is 11.8 Å². The minimum Gasteiger partial charge on any atom is -0.340 e. The first-order valence-corrected chi connectivity index (χ1v) is 12.7. The summed E-state index contributed by atoms with van der Waals surface area (Å²) in [7, 11) is 1.48. The van der Waals surface area contributed by atoms with Crippen molar-refractivity contribution in [3.8, 4) is 0 Å². The summed E-state index contributed by atoms with van der Waals surface area (Å²) in [4.78, 5) is 39.9. The van der Waals surface area contributed by atoms with Crippen molar-refractivity contribution >= 4 is 35.1 Å². The van der Waals surface area contributed by atoms with Crippen LogP contribution in [0.25, 0.3) is 0 Å². The van der Waals surface area contributed by atoms with Gasteiger partial charge >= 0.3 is 0 Å². The number of hydrogen-bond acceptors (Lipinski definition) is 4. The third-order valence-corrected chi connectivity index (χ3v) is 6.25. The predicted molar refractivity (Wildman–Crippen MR) is 154 cm³/mol. The summed E-state index contributed by atoms with van der Waals surface area (Å²) < 4.78 is 0. The molecule has 196 valence electrons. The van der Waals surface area contributed by atoms with Crippen LogP contribution in [0.1, 0.15) is 39.0 Å². The fraction of sp³-hybridized carbons (Fsp3) is 0.0968. The SMILES string of the molecule is CN(NC(=S)NC(=O)c1ccccc1)C(=O)C(NC(=O)C(c1ccccc1)c1ccccc1)c1ccccc1. The van der Waals surface area contributed by atoms with Crippen LogP contribution in [0.5, 0.6) is 0 Å². The van der Waals surface area contributed by atoms with Crippen molar-refractivity contribution in [3.05, 3.63) is 144 Å². The molecule has 0 aliphatic carbocycles. The summed E-state index contributed by atoms with van der Waals surface area (Å²) in [6.07, 6.45) is 0. The number of nitrogens with zero attached hydrogens (tertiary/aromatic N) is 1. The molecule has 3 amide bonds. The third-order valence-electron chi connectivity index (χ3n) is 6.06. The molecule has 0 radical (unpaired) electrons. The zero-order chi connectivity index (χ0) is 27.6. The number of carbonyl (C=O) groups is 3. The van der Waals surface area contributed by atoms with Crippen LogP contribution in [0.4, 0.5) is 0 Å². The number of carbonyl (C=O) groups excluding carboxylic acids is 3. The quantitative estimate of drug-likeness (QED) is 0.241. The van der Waals surface area contributed by atoms with Gasteiger partial charge < -0.3 is 5.32 Å². The molecule has 4 rings (SSSR count). The second-order valence-electron chi connectivity index (χ2n) is 8.76. The van der Waals surface area contributed by atoms with E-state index < -0.39 is 23.8 Å². The molecule has 39 heavy (non-hydrogen) atoms. The molecule has 0 spiro atoms. The smallest absolute Gasteiger partial charge is 0.267 e. The maximum atomic E-state index is 13.8. The Hall–Kier alpha value is -4.82. The van der Waals surface area contributed by atoms with Gasteiger partial charge in [-0.15, -0.1) is 0 Å². The van der Waals surface area contributed by atoms with Crippen molar-refractivity contribution in [2.75, 3.05) is 7.05 Å². The first kappa shape index (κ1) is 27.2. The Kier molecular flexibility index (Phi) is 9.16. The van der Waals surface area contributed by atoms with Gasteiger partial charge in [0, 0.05) is 12.6 Å². The van der Waals surface area contributed by atoms with Crippen LogP contribution >= 0.6 is 12.2 Å². The zero-order valence-corrected chi connectivity index (χ0v) is 22.1. The predicted octanol–water partition coefficient (Wildman–Crippen LogP) is 4.35. The van der Waals surface area contributed by atoms with Gasteiger partial charge in [-0.2, -0.15) is 0 Å². The first-order valence-electron chi connectivity index (χ1n) is 12.3. The molecular weight excluding hydrogens is 508 g/mol. The van der Waals surface area contributed by atoms with E-state index in [4.69, 9.17) is 12.2 Å². The zero-order valence-electron chi connectivity index (χ0n) is 21.3. The van der Waals surface area contributed by atoms with E-state index in [0.29, 0.717) is 11.1 Å². The molecule has 0 aliphatic rings. The Labute approximate surface area is 232 Å². The van der Waals surface area contributed by atoms with Crippen LogP contribution in [0.2, 0.25) is 0 Å². The van der Waals surface area contributed by atoms with Crippen molar-refractivity contribution in [1.82, 2.24) is 21.1 Å². The van der Waals surface area contributed by atoms with Gasteiger partial charge in [-0.3, -0.25) is 30.1 Å². The van der Waals surface area contributed by atoms with Gasteiger partial charge in [0.05, 0.1) is 5.92 Å². The maximum absolute atomic E-state index is 13.8.